The van der Waals surface area contributed by atoms with E-state index in [1.807, 2.05) is 12.3 Å². The number of amides is 1. The Kier molecular flexibility index (Phi) is 8.22. The molecule has 1 amide bonds. The second kappa shape index (κ2) is 11.3. The molecule has 39 heavy (non-hydrogen) atoms. The second-order valence-corrected chi connectivity index (χ2v) is 11.0. The van der Waals surface area contributed by atoms with Gasteiger partial charge in [0.05, 0.1) is 39.5 Å². The van der Waals surface area contributed by atoms with Crippen LogP contribution in [0.2, 0.25) is 5.02 Å². The monoisotopic (exact) mass is 574 g/mol. The van der Waals surface area contributed by atoms with Gasteiger partial charge in [-0.3, -0.25) is 9.67 Å². The summed E-state index contributed by atoms with van der Waals surface area (Å²) < 4.78 is 38.5. The number of nitrogen functional groups attached to an aromatic ring is 1. The van der Waals surface area contributed by atoms with E-state index >= 15 is 0 Å². The number of hydrogen-bond acceptors (Lipinski definition) is 7. The molecule has 2 aromatic carbocycles. The van der Waals surface area contributed by atoms with Crippen molar-refractivity contribution in [2.24, 2.45) is 7.05 Å². The lowest BCUT2D eigenvalue weighted by Crippen LogP contribution is -2.36. The summed E-state index contributed by atoms with van der Waals surface area (Å²) >= 11 is 7.96. The van der Waals surface area contributed by atoms with E-state index in [0.717, 1.165) is 6.07 Å². The van der Waals surface area contributed by atoms with Crippen molar-refractivity contribution in [3.05, 3.63) is 70.5 Å². The summed E-state index contributed by atoms with van der Waals surface area (Å²) in [6.45, 7) is 5.22. The van der Waals surface area contributed by atoms with Crippen LogP contribution in [-0.2, 0) is 18.2 Å². The second-order valence-electron chi connectivity index (χ2n) is 9.98. The van der Waals surface area contributed by atoms with Crippen LogP contribution in [0.3, 0.4) is 0 Å². The molecule has 8 nitrogen and oxygen atoms in total. The highest BCUT2D eigenvalue weighted by Gasteiger charge is 2.27. The molecule has 4 N–H and O–H groups in total. The van der Waals surface area contributed by atoms with Crippen molar-refractivity contribution < 1.29 is 18.3 Å². The molecule has 0 fully saturated rings. The van der Waals surface area contributed by atoms with Gasteiger partial charge in [0.15, 0.2) is 5.82 Å². The van der Waals surface area contributed by atoms with Gasteiger partial charge in [-0.15, -0.1) is 0 Å². The van der Waals surface area contributed by atoms with Crippen molar-refractivity contribution in [3.63, 3.8) is 0 Å². The lowest BCUT2D eigenvalue weighted by Gasteiger charge is -2.25. The molecule has 12 heteroatoms. The summed E-state index contributed by atoms with van der Waals surface area (Å²) in [7, 11) is 1.79. The minimum atomic E-state index is -0.834. The van der Waals surface area contributed by atoms with Crippen LogP contribution >= 0.6 is 23.5 Å². The van der Waals surface area contributed by atoms with Crippen LogP contribution in [-0.4, -0.2) is 32.7 Å². The molecule has 4 rings (SSSR count). The number of nitrogens with zero attached hydrogens (tertiary/aromatic N) is 3. The topological polar surface area (TPSA) is 107 Å². The third-order valence-corrected chi connectivity index (χ3v) is 6.46. The number of aryl methyl sites for hydroxylation is 1. The summed E-state index contributed by atoms with van der Waals surface area (Å²) in [6.07, 6.45) is 2.66. The van der Waals surface area contributed by atoms with Crippen LogP contribution < -0.4 is 15.8 Å². The highest BCUT2D eigenvalue weighted by Crippen LogP contribution is 2.40. The molecule has 4 aromatic rings. The standard InChI is InChI=1S/C27H29ClF2N6O2S/c1-27(2,3)38-26(37)33-21(10-14-8-15(29)11-16(30)9-14)23-19(12-17(31)13-32-23)18-6-7-20(28)22-24(18)36(4)34-25(22)35-39-5/h6-9,11-13,21H,10,31H2,1-5H3,(H,33,37)(H,34,35). The van der Waals surface area contributed by atoms with Gasteiger partial charge in [0.25, 0.3) is 0 Å². The van der Waals surface area contributed by atoms with Gasteiger partial charge in [-0.1, -0.05) is 29.6 Å². The number of carbonyl (C=O) groups excluding carboxylic acids is 1. The van der Waals surface area contributed by atoms with Crippen LogP contribution in [0, 0.1) is 11.6 Å². The maximum Gasteiger partial charge on any atom is 0.408 e. The Morgan fingerprint density at radius 2 is 1.87 bits per heavy atom. The summed E-state index contributed by atoms with van der Waals surface area (Å²) in [5.41, 5.74) is 8.53. The molecule has 1 atom stereocenters. The van der Waals surface area contributed by atoms with E-state index in [4.69, 9.17) is 22.1 Å². The summed E-state index contributed by atoms with van der Waals surface area (Å²) in [5, 5.41) is 8.60. The zero-order valence-corrected chi connectivity index (χ0v) is 23.7. The molecule has 206 valence electrons. The van der Waals surface area contributed by atoms with Gasteiger partial charge < -0.3 is 20.5 Å². The summed E-state index contributed by atoms with van der Waals surface area (Å²) in [4.78, 5) is 17.5. The minimum Gasteiger partial charge on any atom is -0.444 e. The SMILES string of the molecule is CSNc1nn(C)c2c(-c3cc(N)cnc3C(Cc3cc(F)cc(F)c3)NC(=O)OC(C)(C)C)ccc(Cl)c12. The highest BCUT2D eigenvalue weighted by atomic mass is 35.5. The number of carbonyl (C=O) groups is 1. The Morgan fingerprint density at radius 3 is 2.51 bits per heavy atom. The molecule has 1 unspecified atom stereocenters. The predicted octanol–water partition coefficient (Wildman–Crippen LogP) is 6.65. The van der Waals surface area contributed by atoms with E-state index in [9.17, 15) is 13.6 Å². The fraction of sp³-hybridized carbons (Fsp3) is 0.296. The van der Waals surface area contributed by atoms with Gasteiger partial charge in [0.1, 0.15) is 17.2 Å². The first-order chi connectivity index (χ1) is 18.4. The number of hydrogen-bond donors (Lipinski definition) is 3. The minimum absolute atomic E-state index is 0.0270. The lowest BCUT2D eigenvalue weighted by atomic mass is 9.94. The van der Waals surface area contributed by atoms with Gasteiger partial charge in [-0.25, -0.2) is 13.6 Å². The van der Waals surface area contributed by atoms with E-state index in [0.29, 0.717) is 49.8 Å². The first-order valence-electron chi connectivity index (χ1n) is 12.0. The molecular weight excluding hydrogens is 546 g/mol. The van der Waals surface area contributed by atoms with Crippen LogP contribution in [0.5, 0.6) is 0 Å². The quantitative estimate of drug-likeness (QED) is 0.212. The van der Waals surface area contributed by atoms with Gasteiger partial charge in [0, 0.05) is 30.5 Å². The van der Waals surface area contributed by atoms with Crippen LogP contribution in [0.4, 0.5) is 25.1 Å². The maximum atomic E-state index is 14.1. The van der Waals surface area contributed by atoms with Crippen molar-refractivity contribution in [1.29, 1.82) is 0 Å². The molecule has 2 heterocycles. The van der Waals surface area contributed by atoms with Crippen LogP contribution in [0.15, 0.2) is 42.6 Å². The third-order valence-electron chi connectivity index (χ3n) is 5.75. The van der Waals surface area contributed by atoms with E-state index in [2.05, 4.69) is 20.1 Å². The fourth-order valence-corrected chi connectivity index (χ4v) is 4.96. The Labute approximate surface area is 234 Å². The molecule has 0 saturated heterocycles. The number of benzene rings is 2. The van der Waals surface area contributed by atoms with Crippen LogP contribution in [0.25, 0.3) is 22.0 Å². The number of halogens is 3. The normalized spacial score (nSPS) is 12.4. The molecule has 0 aliphatic carbocycles. The molecule has 0 aliphatic heterocycles. The van der Waals surface area contributed by atoms with Crippen molar-refractivity contribution >= 4 is 52.1 Å². The average molecular weight is 575 g/mol. The Bertz CT molecular complexity index is 1520. The van der Waals surface area contributed by atoms with Gasteiger partial charge >= 0.3 is 6.09 Å². The molecular formula is C27H29ClF2N6O2S. The molecule has 0 saturated carbocycles. The first-order valence-corrected chi connectivity index (χ1v) is 13.6. The highest BCUT2D eigenvalue weighted by molar-refractivity contribution is 7.99. The Balaban J connectivity index is 1.90. The molecule has 0 bridgehead atoms. The lowest BCUT2D eigenvalue weighted by molar-refractivity contribution is 0.0502. The van der Waals surface area contributed by atoms with E-state index < -0.39 is 29.4 Å². The number of nitrogens with one attached hydrogen (secondary N) is 2. The maximum absolute atomic E-state index is 14.1. The summed E-state index contributed by atoms with van der Waals surface area (Å²) in [5.74, 6) is -0.867. The number of nitrogens with two attached hydrogens (primary N) is 1. The number of alkyl carbamates (subject to hydrolysis) is 1. The first kappa shape index (κ1) is 28.4. The largest absolute Gasteiger partial charge is 0.444 e. The zero-order chi connectivity index (χ0) is 28.5. The van der Waals surface area contributed by atoms with Crippen molar-refractivity contribution in [1.82, 2.24) is 20.1 Å². The number of rotatable bonds is 7. The molecule has 0 radical (unpaired) electrons. The smallest absolute Gasteiger partial charge is 0.408 e. The van der Waals surface area contributed by atoms with Crippen molar-refractivity contribution in [2.75, 3.05) is 16.7 Å². The molecule has 0 spiro atoms. The molecule has 0 aliphatic rings. The number of anilines is 2. The zero-order valence-electron chi connectivity index (χ0n) is 22.1. The molecule has 2 aromatic heterocycles. The number of fused-ring (bicyclic) bond motifs is 1. The third kappa shape index (κ3) is 6.54. The van der Waals surface area contributed by atoms with Crippen molar-refractivity contribution in [3.8, 4) is 11.1 Å². The Morgan fingerprint density at radius 1 is 1.18 bits per heavy atom. The van der Waals surface area contributed by atoms with E-state index in [1.165, 1.54) is 30.3 Å². The van der Waals surface area contributed by atoms with E-state index in [1.54, 1.807) is 44.6 Å². The number of aromatic nitrogens is 3. The van der Waals surface area contributed by atoms with E-state index in [-0.39, 0.29) is 6.42 Å². The summed E-state index contributed by atoms with van der Waals surface area (Å²) in [6, 6.07) is 7.69. The van der Waals surface area contributed by atoms with Gasteiger partial charge in [-0.2, -0.15) is 5.10 Å². The van der Waals surface area contributed by atoms with Gasteiger partial charge in [0.2, 0.25) is 0 Å². The van der Waals surface area contributed by atoms with Crippen molar-refractivity contribution in [2.45, 2.75) is 38.8 Å². The predicted molar refractivity (Wildman–Crippen MR) is 153 cm³/mol. The number of ether oxygens (including phenoxy) is 1. The van der Waals surface area contributed by atoms with Gasteiger partial charge in [-0.05, 0) is 57.0 Å². The fourth-order valence-electron chi connectivity index (χ4n) is 4.38. The number of pyridine rings is 1. The van der Waals surface area contributed by atoms with Crippen LogP contribution in [0.1, 0.15) is 38.1 Å². The Hall–Kier alpha value is -3.57. The average Bonchev–Trinajstić information content (AvgIpc) is 3.14.